The number of hydrogen-bond acceptors (Lipinski definition) is 2. The van der Waals surface area contributed by atoms with Crippen LogP contribution in [-0.2, 0) is 0 Å². The highest BCUT2D eigenvalue weighted by atomic mass is 16.3. The third kappa shape index (κ3) is 2.22. The second-order valence-corrected chi connectivity index (χ2v) is 5.15. The van der Waals surface area contributed by atoms with Gasteiger partial charge >= 0.3 is 0 Å². The van der Waals surface area contributed by atoms with Gasteiger partial charge in [-0.05, 0) is 49.8 Å². The number of hydrogen-bond donors (Lipinski definition) is 2. The molecule has 0 bridgehead atoms. The average molecular weight is 229 g/mol. The molecule has 2 N–H and O–H groups in total. The first-order valence-electron chi connectivity index (χ1n) is 6.55. The fraction of sp³-hybridized carbons (Fsp3) is 0.467. The second kappa shape index (κ2) is 4.53. The van der Waals surface area contributed by atoms with Gasteiger partial charge in [-0.2, -0.15) is 0 Å². The highest BCUT2D eigenvalue weighted by Crippen LogP contribution is 2.35. The van der Waals surface area contributed by atoms with Crippen molar-refractivity contribution < 1.29 is 5.11 Å². The maximum Gasteiger partial charge on any atom is 0.115 e. The molecule has 2 heteroatoms. The van der Waals surface area contributed by atoms with Crippen molar-refractivity contribution in [2.24, 2.45) is 0 Å². The maximum atomic E-state index is 9.54. The molecule has 0 saturated heterocycles. The van der Waals surface area contributed by atoms with E-state index in [1.165, 1.54) is 31.2 Å². The summed E-state index contributed by atoms with van der Waals surface area (Å²) in [6.45, 7) is 1.04. The molecule has 0 saturated carbocycles. The van der Waals surface area contributed by atoms with Gasteiger partial charge in [0, 0.05) is 12.6 Å². The van der Waals surface area contributed by atoms with E-state index in [9.17, 15) is 5.11 Å². The molecule has 0 fully saturated rings. The Morgan fingerprint density at radius 2 is 1.94 bits per heavy atom. The topological polar surface area (TPSA) is 32.3 Å². The Kier molecular flexibility index (Phi) is 2.89. The monoisotopic (exact) mass is 229 g/mol. The van der Waals surface area contributed by atoms with E-state index < -0.39 is 0 Å². The van der Waals surface area contributed by atoms with Crippen molar-refractivity contribution in [3.8, 4) is 5.75 Å². The summed E-state index contributed by atoms with van der Waals surface area (Å²) >= 11 is 0. The van der Waals surface area contributed by atoms with Gasteiger partial charge in [-0.1, -0.05) is 23.3 Å². The molecular weight excluding hydrogens is 210 g/mol. The molecular formula is C15H19NO. The van der Waals surface area contributed by atoms with Crippen molar-refractivity contribution in [1.82, 2.24) is 5.32 Å². The zero-order valence-electron chi connectivity index (χ0n) is 10.1. The van der Waals surface area contributed by atoms with Crippen LogP contribution in [0.25, 0.3) is 0 Å². The van der Waals surface area contributed by atoms with Gasteiger partial charge in [-0.15, -0.1) is 0 Å². The minimum absolute atomic E-state index is 0.368. The molecule has 90 valence electrons. The first kappa shape index (κ1) is 10.8. The summed E-state index contributed by atoms with van der Waals surface area (Å²) in [5, 5.41) is 13.1. The van der Waals surface area contributed by atoms with Crippen LogP contribution >= 0.6 is 0 Å². The summed E-state index contributed by atoms with van der Waals surface area (Å²) in [6, 6.07) is 8.03. The standard InChI is InChI=1S/C15H19NO/c17-14-7-3-6-12(8-14)15-9-11-4-1-2-5-13(11)10-16-15/h3,6-8,15-17H,1-2,4-5,9-10H2/t15-/m0/s1. The van der Waals surface area contributed by atoms with Gasteiger partial charge in [0.15, 0.2) is 0 Å². The average Bonchev–Trinajstić information content (AvgIpc) is 2.38. The van der Waals surface area contributed by atoms with Gasteiger partial charge in [-0.25, -0.2) is 0 Å². The van der Waals surface area contributed by atoms with Crippen molar-refractivity contribution in [3.05, 3.63) is 41.0 Å². The number of phenolic OH excluding ortho intramolecular Hbond substituents is 1. The van der Waals surface area contributed by atoms with Crippen LogP contribution in [0.15, 0.2) is 35.4 Å². The van der Waals surface area contributed by atoms with E-state index in [0.29, 0.717) is 11.8 Å². The fourth-order valence-corrected chi connectivity index (χ4v) is 3.03. The van der Waals surface area contributed by atoms with Gasteiger partial charge in [0.25, 0.3) is 0 Å². The zero-order valence-corrected chi connectivity index (χ0v) is 10.1. The van der Waals surface area contributed by atoms with Crippen molar-refractivity contribution in [1.29, 1.82) is 0 Å². The second-order valence-electron chi connectivity index (χ2n) is 5.15. The largest absolute Gasteiger partial charge is 0.508 e. The highest BCUT2D eigenvalue weighted by molar-refractivity contribution is 5.33. The molecule has 1 aromatic carbocycles. The minimum atomic E-state index is 0.368. The molecule has 0 spiro atoms. The Morgan fingerprint density at radius 3 is 2.76 bits per heavy atom. The minimum Gasteiger partial charge on any atom is -0.508 e. The number of nitrogens with one attached hydrogen (secondary N) is 1. The lowest BCUT2D eigenvalue weighted by atomic mass is 9.83. The molecule has 3 rings (SSSR count). The van der Waals surface area contributed by atoms with Gasteiger partial charge in [0.05, 0.1) is 0 Å². The van der Waals surface area contributed by atoms with E-state index in [1.807, 2.05) is 12.1 Å². The Morgan fingerprint density at radius 1 is 1.12 bits per heavy atom. The van der Waals surface area contributed by atoms with Crippen molar-refractivity contribution in [2.75, 3.05) is 6.54 Å². The Hall–Kier alpha value is -1.28. The molecule has 2 aliphatic rings. The highest BCUT2D eigenvalue weighted by Gasteiger charge is 2.23. The predicted octanol–water partition coefficient (Wildman–Crippen LogP) is 3.30. The van der Waals surface area contributed by atoms with Crippen LogP contribution in [0.3, 0.4) is 0 Å². The van der Waals surface area contributed by atoms with E-state index in [2.05, 4.69) is 11.4 Å². The fourth-order valence-electron chi connectivity index (χ4n) is 3.03. The molecule has 1 aliphatic heterocycles. The van der Waals surface area contributed by atoms with E-state index in [0.717, 1.165) is 13.0 Å². The maximum absolute atomic E-state index is 9.54. The van der Waals surface area contributed by atoms with Crippen molar-refractivity contribution >= 4 is 0 Å². The van der Waals surface area contributed by atoms with Crippen LogP contribution in [0.2, 0.25) is 0 Å². The number of benzene rings is 1. The molecule has 1 atom stereocenters. The number of rotatable bonds is 1. The number of phenols is 1. The molecule has 0 amide bonds. The third-order valence-electron chi connectivity index (χ3n) is 3.99. The Balaban J connectivity index is 1.81. The predicted molar refractivity (Wildman–Crippen MR) is 69.0 cm³/mol. The summed E-state index contributed by atoms with van der Waals surface area (Å²) in [5.74, 6) is 0.368. The smallest absolute Gasteiger partial charge is 0.115 e. The lowest BCUT2D eigenvalue weighted by Crippen LogP contribution is -2.30. The first-order valence-corrected chi connectivity index (χ1v) is 6.55. The normalized spacial score (nSPS) is 24.6. The van der Waals surface area contributed by atoms with E-state index in [-0.39, 0.29) is 0 Å². The summed E-state index contributed by atoms with van der Waals surface area (Å²) in [4.78, 5) is 0. The van der Waals surface area contributed by atoms with Crippen molar-refractivity contribution in [2.45, 2.75) is 38.1 Å². The van der Waals surface area contributed by atoms with Gasteiger partial charge in [0.2, 0.25) is 0 Å². The quantitative estimate of drug-likeness (QED) is 0.724. The molecule has 0 aromatic heterocycles. The molecule has 1 aliphatic carbocycles. The zero-order chi connectivity index (χ0) is 11.7. The third-order valence-corrected chi connectivity index (χ3v) is 3.99. The summed E-state index contributed by atoms with van der Waals surface area (Å²) in [7, 11) is 0. The van der Waals surface area contributed by atoms with Crippen LogP contribution in [-0.4, -0.2) is 11.7 Å². The van der Waals surface area contributed by atoms with Gasteiger partial charge in [0.1, 0.15) is 5.75 Å². The van der Waals surface area contributed by atoms with E-state index >= 15 is 0 Å². The van der Waals surface area contributed by atoms with Crippen molar-refractivity contribution in [3.63, 3.8) is 0 Å². The molecule has 1 aromatic rings. The van der Waals surface area contributed by atoms with Gasteiger partial charge < -0.3 is 10.4 Å². The van der Waals surface area contributed by atoms with Gasteiger partial charge in [-0.3, -0.25) is 0 Å². The van der Waals surface area contributed by atoms with E-state index in [1.54, 1.807) is 17.2 Å². The Bertz CT molecular complexity index is 450. The van der Waals surface area contributed by atoms with Crippen LogP contribution in [0.1, 0.15) is 43.7 Å². The lowest BCUT2D eigenvalue weighted by Gasteiger charge is -2.31. The summed E-state index contributed by atoms with van der Waals surface area (Å²) in [6.07, 6.45) is 6.41. The van der Waals surface area contributed by atoms with E-state index in [4.69, 9.17) is 0 Å². The molecule has 2 nitrogen and oxygen atoms in total. The molecule has 17 heavy (non-hydrogen) atoms. The lowest BCUT2D eigenvalue weighted by molar-refractivity contribution is 0.460. The molecule has 1 heterocycles. The van der Waals surface area contributed by atoms with Crippen LogP contribution in [0.4, 0.5) is 0 Å². The van der Waals surface area contributed by atoms with Crippen LogP contribution in [0.5, 0.6) is 5.75 Å². The summed E-state index contributed by atoms with van der Waals surface area (Å²) < 4.78 is 0. The number of aromatic hydroxyl groups is 1. The van der Waals surface area contributed by atoms with Crippen LogP contribution < -0.4 is 5.32 Å². The Labute approximate surface area is 102 Å². The van der Waals surface area contributed by atoms with Crippen LogP contribution in [0, 0.1) is 0 Å². The first-order chi connectivity index (χ1) is 8.33. The molecule has 0 unspecified atom stereocenters. The summed E-state index contributed by atoms with van der Waals surface area (Å²) in [5.41, 5.74) is 4.53. The molecule has 0 radical (unpaired) electrons. The SMILES string of the molecule is Oc1cccc([C@@H]2CC3=C(CCCC3)CN2)c1.